The molecule has 0 aromatic heterocycles. The minimum Gasteiger partial charge on any atom is -0.478 e. The van der Waals surface area contributed by atoms with Gasteiger partial charge in [-0.2, -0.15) is 0 Å². The Labute approximate surface area is 127 Å². The molecule has 0 fully saturated rings. The van der Waals surface area contributed by atoms with Crippen LogP contribution in [0.3, 0.4) is 0 Å². The summed E-state index contributed by atoms with van der Waals surface area (Å²) in [6.07, 6.45) is 3.43. The van der Waals surface area contributed by atoms with Gasteiger partial charge in [-0.05, 0) is 42.0 Å². The molecular weight excluding hydrogens is 282 g/mol. The second-order valence-corrected chi connectivity index (χ2v) is 4.44. The first-order chi connectivity index (χ1) is 10.6. The van der Waals surface area contributed by atoms with Crippen molar-refractivity contribution in [1.82, 2.24) is 0 Å². The number of carbonyl (C=O) groups is 2. The van der Waals surface area contributed by atoms with E-state index in [4.69, 9.17) is 9.84 Å². The van der Waals surface area contributed by atoms with Crippen LogP contribution in [0.2, 0.25) is 0 Å². The summed E-state index contributed by atoms with van der Waals surface area (Å²) in [5.41, 5.74) is 2.18. The summed E-state index contributed by atoms with van der Waals surface area (Å²) in [5, 5.41) is 11.8. The number of hydrogen-bond donors (Lipinski definition) is 2. The van der Waals surface area contributed by atoms with E-state index in [1.807, 2.05) is 6.07 Å². The van der Waals surface area contributed by atoms with E-state index in [1.54, 1.807) is 42.6 Å². The first-order valence-corrected chi connectivity index (χ1v) is 6.55. The van der Waals surface area contributed by atoms with Crippen LogP contribution in [-0.2, 0) is 4.74 Å². The van der Waals surface area contributed by atoms with Crippen molar-refractivity contribution in [1.29, 1.82) is 0 Å². The van der Waals surface area contributed by atoms with Crippen molar-refractivity contribution >= 4 is 23.7 Å². The second kappa shape index (κ2) is 7.08. The summed E-state index contributed by atoms with van der Waals surface area (Å²) >= 11 is 0. The fourth-order valence-corrected chi connectivity index (χ4v) is 1.87. The van der Waals surface area contributed by atoms with E-state index in [2.05, 4.69) is 5.32 Å². The quantitative estimate of drug-likeness (QED) is 0.828. The number of benzene rings is 2. The number of carboxylic acid groups (broad SMARTS) is 1. The molecule has 5 heteroatoms. The van der Waals surface area contributed by atoms with Crippen molar-refractivity contribution in [2.45, 2.75) is 0 Å². The normalized spacial score (nSPS) is 10.4. The van der Waals surface area contributed by atoms with Crippen LogP contribution in [0.15, 0.2) is 54.7 Å². The van der Waals surface area contributed by atoms with Crippen LogP contribution >= 0.6 is 0 Å². The molecule has 2 aromatic carbocycles. The van der Waals surface area contributed by atoms with Crippen LogP contribution < -0.4 is 5.32 Å². The van der Waals surface area contributed by atoms with Gasteiger partial charge in [0, 0.05) is 11.9 Å². The Bertz CT molecular complexity index is 705. The molecule has 0 spiro atoms. The maximum atomic E-state index is 11.6. The molecule has 22 heavy (non-hydrogen) atoms. The minimum absolute atomic E-state index is 0.227. The van der Waals surface area contributed by atoms with Crippen LogP contribution in [0.5, 0.6) is 0 Å². The Morgan fingerprint density at radius 2 is 1.77 bits per heavy atom. The molecule has 0 radical (unpaired) electrons. The molecule has 0 amide bonds. The fraction of sp³-hybridized carbons (Fsp3) is 0.0588. The maximum absolute atomic E-state index is 11.6. The second-order valence-electron chi connectivity index (χ2n) is 4.44. The lowest BCUT2D eigenvalue weighted by Crippen LogP contribution is -2.03. The number of carbonyl (C=O) groups excluding carboxylic acids is 1. The molecule has 0 saturated carbocycles. The summed E-state index contributed by atoms with van der Waals surface area (Å²) in [6, 6.07) is 13.4. The topological polar surface area (TPSA) is 75.6 Å². The average Bonchev–Trinajstić information content (AvgIpc) is 2.55. The lowest BCUT2D eigenvalue weighted by molar-refractivity contribution is 0.0599. The van der Waals surface area contributed by atoms with Gasteiger partial charge in [0.05, 0.1) is 18.2 Å². The molecule has 0 unspecified atom stereocenters. The third kappa shape index (κ3) is 3.73. The number of ether oxygens (including phenoxy) is 1. The summed E-state index contributed by atoms with van der Waals surface area (Å²) in [4.78, 5) is 22.4. The number of rotatable bonds is 5. The van der Waals surface area contributed by atoms with Crippen molar-refractivity contribution in [3.63, 3.8) is 0 Å². The number of nitrogens with one attached hydrogen (secondary N) is 1. The minimum atomic E-state index is -0.964. The van der Waals surface area contributed by atoms with E-state index in [0.717, 1.165) is 11.3 Å². The third-order valence-electron chi connectivity index (χ3n) is 3.01. The predicted molar refractivity (Wildman–Crippen MR) is 83.8 cm³/mol. The molecule has 2 N–H and O–H groups in total. The average molecular weight is 297 g/mol. The van der Waals surface area contributed by atoms with E-state index in [0.29, 0.717) is 5.56 Å². The summed E-state index contributed by atoms with van der Waals surface area (Å²) in [7, 11) is 1.34. The zero-order chi connectivity index (χ0) is 15.9. The van der Waals surface area contributed by atoms with E-state index >= 15 is 0 Å². The maximum Gasteiger partial charge on any atom is 0.338 e. The Hall–Kier alpha value is -3.08. The Morgan fingerprint density at radius 3 is 2.41 bits per heavy atom. The largest absolute Gasteiger partial charge is 0.478 e. The van der Waals surface area contributed by atoms with E-state index in [9.17, 15) is 9.59 Å². The fourth-order valence-electron chi connectivity index (χ4n) is 1.87. The lowest BCUT2D eigenvalue weighted by Gasteiger charge is -2.04. The Kier molecular flexibility index (Phi) is 4.93. The van der Waals surface area contributed by atoms with Gasteiger partial charge in [0.2, 0.25) is 0 Å². The standard InChI is InChI=1S/C17H15NO4/c1-22-17(21)15-5-3-2-4-12(15)10-11-18-14-8-6-13(7-9-14)16(19)20/h2-11,18H,1H3,(H,19,20). The molecule has 0 saturated heterocycles. The molecule has 0 atom stereocenters. The molecule has 2 aromatic rings. The first-order valence-electron chi connectivity index (χ1n) is 6.55. The van der Waals surface area contributed by atoms with Gasteiger partial charge < -0.3 is 15.2 Å². The summed E-state index contributed by atoms with van der Waals surface area (Å²) < 4.78 is 4.73. The van der Waals surface area contributed by atoms with Crippen LogP contribution in [0.25, 0.3) is 6.08 Å². The smallest absolute Gasteiger partial charge is 0.338 e. The van der Waals surface area contributed by atoms with E-state index in [-0.39, 0.29) is 5.56 Å². The van der Waals surface area contributed by atoms with E-state index < -0.39 is 11.9 Å². The number of esters is 1. The van der Waals surface area contributed by atoms with Gasteiger partial charge in [-0.25, -0.2) is 9.59 Å². The highest BCUT2D eigenvalue weighted by Crippen LogP contribution is 2.13. The first kappa shape index (κ1) is 15.3. The van der Waals surface area contributed by atoms with Crippen LogP contribution in [0, 0.1) is 0 Å². The molecule has 112 valence electrons. The number of carboxylic acids is 1. The molecule has 0 aliphatic rings. The van der Waals surface area contributed by atoms with Crippen molar-refractivity contribution in [2.24, 2.45) is 0 Å². The van der Waals surface area contributed by atoms with Gasteiger partial charge in [-0.15, -0.1) is 0 Å². The SMILES string of the molecule is COC(=O)c1ccccc1C=CNc1ccc(C(=O)O)cc1. The van der Waals surface area contributed by atoms with E-state index in [1.165, 1.54) is 19.2 Å². The number of methoxy groups -OCH3 is 1. The highest BCUT2D eigenvalue weighted by atomic mass is 16.5. The lowest BCUT2D eigenvalue weighted by atomic mass is 10.1. The number of hydrogen-bond acceptors (Lipinski definition) is 4. The molecule has 0 aliphatic carbocycles. The zero-order valence-corrected chi connectivity index (χ0v) is 11.9. The Balaban J connectivity index is 2.10. The van der Waals surface area contributed by atoms with Crippen molar-refractivity contribution in [3.8, 4) is 0 Å². The van der Waals surface area contributed by atoms with Crippen molar-refractivity contribution < 1.29 is 19.4 Å². The van der Waals surface area contributed by atoms with Gasteiger partial charge in [0.25, 0.3) is 0 Å². The highest BCUT2D eigenvalue weighted by Gasteiger charge is 2.08. The molecule has 0 bridgehead atoms. The Morgan fingerprint density at radius 1 is 1.09 bits per heavy atom. The van der Waals surface area contributed by atoms with Gasteiger partial charge >= 0.3 is 11.9 Å². The summed E-state index contributed by atoms with van der Waals surface area (Å²) in [5.74, 6) is -1.36. The number of anilines is 1. The number of aromatic carboxylic acids is 1. The van der Waals surface area contributed by atoms with Gasteiger partial charge in [-0.1, -0.05) is 18.2 Å². The monoisotopic (exact) mass is 297 g/mol. The molecular formula is C17H15NO4. The van der Waals surface area contributed by atoms with Crippen LogP contribution in [-0.4, -0.2) is 24.2 Å². The zero-order valence-electron chi connectivity index (χ0n) is 11.9. The molecule has 2 rings (SSSR count). The third-order valence-corrected chi connectivity index (χ3v) is 3.01. The molecule has 5 nitrogen and oxygen atoms in total. The van der Waals surface area contributed by atoms with Crippen molar-refractivity contribution in [2.75, 3.05) is 12.4 Å². The highest BCUT2D eigenvalue weighted by molar-refractivity contribution is 5.93. The molecule has 0 heterocycles. The van der Waals surface area contributed by atoms with Gasteiger partial charge in [-0.3, -0.25) is 0 Å². The predicted octanol–water partition coefficient (Wildman–Crippen LogP) is 3.25. The van der Waals surface area contributed by atoms with Gasteiger partial charge in [0.15, 0.2) is 0 Å². The van der Waals surface area contributed by atoms with Crippen LogP contribution in [0.1, 0.15) is 26.3 Å². The van der Waals surface area contributed by atoms with Gasteiger partial charge in [0.1, 0.15) is 0 Å². The van der Waals surface area contributed by atoms with Crippen molar-refractivity contribution in [3.05, 3.63) is 71.4 Å². The summed E-state index contributed by atoms with van der Waals surface area (Å²) in [6.45, 7) is 0. The molecule has 0 aliphatic heterocycles. The van der Waals surface area contributed by atoms with Crippen LogP contribution in [0.4, 0.5) is 5.69 Å².